The maximum absolute atomic E-state index is 2.48. The van der Waals surface area contributed by atoms with Crippen molar-refractivity contribution in [2.24, 2.45) is 0 Å². The minimum Gasteiger partial charge on any atom is -0.298 e. The van der Waals surface area contributed by atoms with Gasteiger partial charge in [0.15, 0.2) is 0 Å². The third-order valence-electron chi connectivity index (χ3n) is 2.80. The maximum atomic E-state index is 2.48. The van der Waals surface area contributed by atoms with Crippen LogP contribution in [0.2, 0.25) is 0 Å². The Hall–Kier alpha value is -0.210. The number of hydrogen-bond donors (Lipinski definition) is 0. The number of allylic oxidation sites excluding steroid dienone is 2. The Bertz CT molecular complexity index is 233. The van der Waals surface area contributed by atoms with Crippen LogP contribution in [0.3, 0.4) is 0 Å². The number of nitrogens with zero attached hydrogens (tertiary/aromatic N) is 1. The van der Waals surface area contributed by atoms with Crippen molar-refractivity contribution in [3.05, 3.63) is 23.8 Å². The molecule has 2 heteroatoms. The van der Waals surface area contributed by atoms with Gasteiger partial charge in [-0.25, -0.2) is 0 Å². The van der Waals surface area contributed by atoms with Crippen molar-refractivity contribution in [1.29, 1.82) is 0 Å². The Kier molecular flexibility index (Phi) is 6.11. The highest BCUT2D eigenvalue weighted by Crippen LogP contribution is 2.24. The molecule has 0 bridgehead atoms. The van der Waals surface area contributed by atoms with Crippen LogP contribution in [0.4, 0.5) is 0 Å². The molecular formula is C13H23NS. The molecule has 0 aromatic rings. The minimum absolute atomic E-state index is 0.676. The zero-order valence-electron chi connectivity index (χ0n) is 10.2. The van der Waals surface area contributed by atoms with Gasteiger partial charge in [0.25, 0.3) is 0 Å². The summed E-state index contributed by atoms with van der Waals surface area (Å²) in [4.78, 5) is 2.48. The highest BCUT2D eigenvalue weighted by Gasteiger charge is 2.21. The van der Waals surface area contributed by atoms with Crippen LogP contribution in [0.5, 0.6) is 0 Å². The third-order valence-corrected chi connectivity index (χ3v) is 3.83. The van der Waals surface area contributed by atoms with Crippen LogP contribution in [0, 0.1) is 0 Å². The summed E-state index contributed by atoms with van der Waals surface area (Å²) >= 11 is 2.08. The molecule has 0 aromatic carbocycles. The number of rotatable bonds is 1. The van der Waals surface area contributed by atoms with Crippen molar-refractivity contribution in [1.82, 2.24) is 4.90 Å². The molecule has 1 atom stereocenters. The fourth-order valence-electron chi connectivity index (χ4n) is 1.92. The summed E-state index contributed by atoms with van der Waals surface area (Å²) in [6.07, 6.45) is 9.50. The second kappa shape index (κ2) is 7.13. The van der Waals surface area contributed by atoms with Crippen molar-refractivity contribution in [2.75, 3.05) is 25.1 Å². The predicted molar refractivity (Wildman–Crippen MR) is 71.5 cm³/mol. The van der Waals surface area contributed by atoms with Gasteiger partial charge in [0.05, 0.1) is 0 Å². The van der Waals surface area contributed by atoms with Crippen LogP contribution in [0.25, 0.3) is 0 Å². The molecule has 0 spiro atoms. The summed E-state index contributed by atoms with van der Waals surface area (Å²) in [5.41, 5.74) is 1.54. The summed E-state index contributed by atoms with van der Waals surface area (Å²) in [6, 6.07) is 0.676. The molecule has 0 amide bonds. The van der Waals surface area contributed by atoms with Gasteiger partial charge >= 0.3 is 0 Å². The fraction of sp³-hybridized carbons (Fsp3) is 0.692. The van der Waals surface area contributed by atoms with Crippen molar-refractivity contribution in [3.8, 4) is 0 Å². The van der Waals surface area contributed by atoms with Gasteiger partial charge in [0.2, 0.25) is 0 Å². The van der Waals surface area contributed by atoms with E-state index < -0.39 is 0 Å². The second-order valence-corrected chi connectivity index (χ2v) is 4.90. The Labute approximate surface area is 98.6 Å². The number of hydrogen-bond acceptors (Lipinski definition) is 2. The molecular weight excluding hydrogens is 202 g/mol. The van der Waals surface area contributed by atoms with Gasteiger partial charge in [-0.2, -0.15) is 11.8 Å². The topological polar surface area (TPSA) is 3.24 Å². The lowest BCUT2D eigenvalue weighted by Gasteiger charge is -2.33. The van der Waals surface area contributed by atoms with Crippen molar-refractivity contribution >= 4 is 11.8 Å². The second-order valence-electron chi connectivity index (χ2n) is 3.76. The van der Waals surface area contributed by atoms with Gasteiger partial charge in [0.1, 0.15) is 0 Å². The quantitative estimate of drug-likeness (QED) is 0.673. The van der Waals surface area contributed by atoms with E-state index >= 15 is 0 Å². The Morgan fingerprint density at radius 2 is 2.13 bits per heavy atom. The molecule has 1 saturated heterocycles. The van der Waals surface area contributed by atoms with Crippen LogP contribution in [0.15, 0.2) is 23.8 Å². The first-order chi connectivity index (χ1) is 7.38. The standard InChI is InChI=1S/C11H17NS.C2H6/c1-12-7-8-13-9-11(12)10-5-3-2-4-6-10;1-2/h3,5-6,11H,2,4,7-9H2,1H3;1-2H3. The first kappa shape index (κ1) is 12.9. The third kappa shape index (κ3) is 3.69. The SMILES string of the molecule is CC.CN1CCSCC1C1=CCCC=C1. The van der Waals surface area contributed by atoms with Crippen molar-refractivity contribution < 1.29 is 0 Å². The Balaban J connectivity index is 0.000000531. The molecule has 0 radical (unpaired) electrons. The van der Waals surface area contributed by atoms with Gasteiger partial charge in [-0.3, -0.25) is 4.90 Å². The van der Waals surface area contributed by atoms with Crippen molar-refractivity contribution in [3.63, 3.8) is 0 Å². The fourth-order valence-corrected chi connectivity index (χ4v) is 3.17. The molecule has 0 saturated carbocycles. The molecule has 86 valence electrons. The van der Waals surface area contributed by atoms with Crippen LogP contribution in [-0.4, -0.2) is 36.0 Å². The molecule has 1 aliphatic heterocycles. The molecule has 1 heterocycles. The predicted octanol–water partition coefficient (Wildman–Crippen LogP) is 3.34. The summed E-state index contributed by atoms with van der Waals surface area (Å²) < 4.78 is 0. The lowest BCUT2D eigenvalue weighted by Crippen LogP contribution is -2.40. The first-order valence-corrected chi connectivity index (χ1v) is 7.18. The molecule has 2 aliphatic rings. The van der Waals surface area contributed by atoms with Gasteiger partial charge in [-0.15, -0.1) is 0 Å². The molecule has 1 aliphatic carbocycles. The molecule has 0 aromatic heterocycles. The van der Waals surface area contributed by atoms with E-state index in [2.05, 4.69) is 41.9 Å². The average molecular weight is 225 g/mol. The van der Waals surface area contributed by atoms with Crippen LogP contribution < -0.4 is 0 Å². The largest absolute Gasteiger partial charge is 0.298 e. The monoisotopic (exact) mass is 225 g/mol. The summed E-state index contributed by atoms with van der Waals surface area (Å²) in [5.74, 6) is 2.57. The smallest absolute Gasteiger partial charge is 0.0432 e. The van der Waals surface area contributed by atoms with Gasteiger partial charge in [-0.05, 0) is 25.5 Å². The summed E-state index contributed by atoms with van der Waals surface area (Å²) in [5, 5.41) is 0. The highest BCUT2D eigenvalue weighted by atomic mass is 32.2. The van der Waals surface area contributed by atoms with E-state index in [-0.39, 0.29) is 0 Å². The zero-order valence-corrected chi connectivity index (χ0v) is 11.0. The Morgan fingerprint density at radius 1 is 1.33 bits per heavy atom. The maximum Gasteiger partial charge on any atom is 0.0432 e. The van der Waals surface area contributed by atoms with E-state index in [0.717, 1.165) is 0 Å². The van der Waals surface area contributed by atoms with E-state index in [1.807, 2.05) is 13.8 Å². The molecule has 1 nitrogen and oxygen atoms in total. The van der Waals surface area contributed by atoms with Gasteiger partial charge < -0.3 is 0 Å². The Morgan fingerprint density at radius 3 is 2.73 bits per heavy atom. The molecule has 0 N–H and O–H groups in total. The highest BCUT2D eigenvalue weighted by molar-refractivity contribution is 7.99. The number of thioether (sulfide) groups is 1. The summed E-state index contributed by atoms with van der Waals surface area (Å²) in [6.45, 7) is 5.24. The van der Waals surface area contributed by atoms with Crippen molar-refractivity contribution in [2.45, 2.75) is 32.7 Å². The van der Waals surface area contributed by atoms with Crippen LogP contribution in [-0.2, 0) is 0 Å². The van der Waals surface area contributed by atoms with Gasteiger partial charge in [-0.1, -0.05) is 32.1 Å². The first-order valence-electron chi connectivity index (χ1n) is 6.02. The van der Waals surface area contributed by atoms with E-state index in [1.54, 1.807) is 5.57 Å². The zero-order chi connectivity index (χ0) is 11.1. The van der Waals surface area contributed by atoms with E-state index in [0.29, 0.717) is 6.04 Å². The lowest BCUT2D eigenvalue weighted by molar-refractivity contribution is 0.303. The van der Waals surface area contributed by atoms with Gasteiger partial charge in [0, 0.05) is 24.1 Å². The van der Waals surface area contributed by atoms with E-state index in [9.17, 15) is 0 Å². The molecule has 1 unspecified atom stereocenters. The molecule has 15 heavy (non-hydrogen) atoms. The van der Waals surface area contributed by atoms with Crippen LogP contribution >= 0.6 is 11.8 Å². The molecule has 1 fully saturated rings. The lowest BCUT2D eigenvalue weighted by atomic mass is 10.0. The normalized spacial score (nSPS) is 26.6. The van der Waals surface area contributed by atoms with Crippen LogP contribution in [0.1, 0.15) is 26.7 Å². The summed E-state index contributed by atoms with van der Waals surface area (Å²) in [7, 11) is 2.24. The number of likely N-dealkylation sites (N-methyl/N-ethyl adjacent to an activating group) is 1. The van der Waals surface area contributed by atoms with E-state index in [1.165, 1.54) is 30.9 Å². The molecule has 2 rings (SSSR count). The minimum atomic E-state index is 0.676. The van der Waals surface area contributed by atoms with E-state index in [4.69, 9.17) is 0 Å². The average Bonchev–Trinajstić information content (AvgIpc) is 2.33.